The van der Waals surface area contributed by atoms with E-state index in [2.05, 4.69) is 16.0 Å². The number of methoxy groups -OCH3 is 1. The molecule has 270 valence electrons. The number of halogens is 2. The van der Waals surface area contributed by atoms with Crippen LogP contribution in [0.3, 0.4) is 0 Å². The van der Waals surface area contributed by atoms with E-state index < -0.39 is 35.5 Å². The van der Waals surface area contributed by atoms with Crippen LogP contribution in [-0.4, -0.2) is 71.2 Å². The van der Waals surface area contributed by atoms with E-state index in [0.717, 1.165) is 41.2 Å². The number of carbonyl (C=O) groups is 6. The Labute approximate surface area is 303 Å². The molecular formula is C38H37ClFN5O7. The molecule has 1 atom stereocenters. The van der Waals surface area contributed by atoms with E-state index in [1.165, 1.54) is 6.07 Å². The van der Waals surface area contributed by atoms with Crippen molar-refractivity contribution in [3.05, 3.63) is 93.4 Å². The topological polar surface area (TPSA) is 156 Å². The van der Waals surface area contributed by atoms with Crippen LogP contribution in [0.25, 0.3) is 10.9 Å². The SMILES string of the molecule is COc1ccc2c(c1)c(CC(=O)NCCCCCCNc1cc3c(cc1F)C(=O)N(C1CCC(=O)NC1=O)C3=O)c(C)n2C(=O)c1ccc(Cl)cc1. The average Bonchev–Trinajstić information content (AvgIpc) is 3.52. The van der Waals surface area contributed by atoms with E-state index in [1.54, 1.807) is 42.0 Å². The van der Waals surface area contributed by atoms with Gasteiger partial charge >= 0.3 is 0 Å². The maximum atomic E-state index is 14.9. The third-order valence-electron chi connectivity index (χ3n) is 9.44. The lowest BCUT2D eigenvalue weighted by molar-refractivity contribution is -0.136. The Hall–Kier alpha value is -5.56. The van der Waals surface area contributed by atoms with Gasteiger partial charge in [0.1, 0.15) is 17.6 Å². The number of imide groups is 2. The lowest BCUT2D eigenvalue weighted by Gasteiger charge is -2.27. The van der Waals surface area contributed by atoms with Gasteiger partial charge in [-0.1, -0.05) is 24.4 Å². The first-order valence-corrected chi connectivity index (χ1v) is 17.4. The number of hydrogen-bond donors (Lipinski definition) is 3. The second-order valence-corrected chi connectivity index (χ2v) is 13.2. The van der Waals surface area contributed by atoms with Gasteiger partial charge in [0, 0.05) is 41.2 Å². The number of carbonyl (C=O) groups excluding carboxylic acids is 6. The van der Waals surface area contributed by atoms with Crippen molar-refractivity contribution in [3.63, 3.8) is 0 Å². The fourth-order valence-corrected chi connectivity index (χ4v) is 6.83. The van der Waals surface area contributed by atoms with Gasteiger partial charge in [-0.25, -0.2) is 4.39 Å². The van der Waals surface area contributed by atoms with Gasteiger partial charge in [0.15, 0.2) is 0 Å². The van der Waals surface area contributed by atoms with Crippen molar-refractivity contribution < 1.29 is 37.9 Å². The molecule has 52 heavy (non-hydrogen) atoms. The van der Waals surface area contributed by atoms with Crippen LogP contribution < -0.4 is 20.7 Å². The van der Waals surface area contributed by atoms with Crippen LogP contribution in [-0.2, 0) is 20.8 Å². The maximum Gasteiger partial charge on any atom is 0.262 e. The van der Waals surface area contributed by atoms with Gasteiger partial charge < -0.3 is 15.4 Å². The molecule has 1 aromatic heterocycles. The van der Waals surface area contributed by atoms with Crippen molar-refractivity contribution in [2.24, 2.45) is 0 Å². The van der Waals surface area contributed by atoms with Gasteiger partial charge in [-0.05, 0) is 86.3 Å². The summed E-state index contributed by atoms with van der Waals surface area (Å²) in [5.41, 5.74) is 2.48. The van der Waals surface area contributed by atoms with Gasteiger partial charge in [0.2, 0.25) is 17.7 Å². The lowest BCUT2D eigenvalue weighted by Crippen LogP contribution is -2.54. The molecule has 0 aliphatic carbocycles. The Bertz CT molecular complexity index is 2110. The summed E-state index contributed by atoms with van der Waals surface area (Å²) in [5, 5.41) is 9.36. The second-order valence-electron chi connectivity index (χ2n) is 12.8. The molecule has 0 bridgehead atoms. The van der Waals surface area contributed by atoms with Crippen LogP contribution in [0.2, 0.25) is 5.02 Å². The quantitative estimate of drug-likeness (QED) is 0.126. The fraction of sp³-hybridized carbons (Fsp3) is 0.316. The highest BCUT2D eigenvalue weighted by Crippen LogP contribution is 2.32. The number of amides is 5. The van der Waals surface area contributed by atoms with Gasteiger partial charge in [0.05, 0.1) is 35.9 Å². The van der Waals surface area contributed by atoms with Crippen molar-refractivity contribution in [1.82, 2.24) is 20.1 Å². The minimum absolute atomic E-state index is 0.00129. The summed E-state index contributed by atoms with van der Waals surface area (Å²) < 4.78 is 21.9. The number of benzene rings is 3. The Morgan fingerprint density at radius 1 is 0.942 bits per heavy atom. The fourth-order valence-electron chi connectivity index (χ4n) is 6.70. The minimum atomic E-state index is -1.12. The van der Waals surface area contributed by atoms with Crippen LogP contribution in [0, 0.1) is 12.7 Å². The predicted molar refractivity (Wildman–Crippen MR) is 191 cm³/mol. The van der Waals surface area contributed by atoms with Crippen molar-refractivity contribution in [3.8, 4) is 5.75 Å². The Kier molecular flexibility index (Phi) is 10.7. The highest BCUT2D eigenvalue weighted by molar-refractivity contribution is 6.30. The van der Waals surface area contributed by atoms with Crippen molar-refractivity contribution in [2.45, 2.75) is 57.9 Å². The maximum absolute atomic E-state index is 14.9. The molecular weight excluding hydrogens is 693 g/mol. The summed E-state index contributed by atoms with van der Waals surface area (Å²) in [6.07, 6.45) is 3.07. The number of ether oxygens (including phenoxy) is 1. The van der Waals surface area contributed by atoms with Crippen LogP contribution in [0.5, 0.6) is 5.75 Å². The number of piperidine rings is 1. The lowest BCUT2D eigenvalue weighted by atomic mass is 10.0. The molecule has 1 unspecified atom stereocenters. The zero-order valence-electron chi connectivity index (χ0n) is 28.6. The Balaban J connectivity index is 0.980. The van der Waals surface area contributed by atoms with Crippen LogP contribution in [0.1, 0.15) is 80.9 Å². The first-order valence-electron chi connectivity index (χ1n) is 17.0. The highest BCUT2D eigenvalue weighted by Gasteiger charge is 2.45. The Morgan fingerprint density at radius 3 is 2.33 bits per heavy atom. The zero-order valence-corrected chi connectivity index (χ0v) is 29.4. The minimum Gasteiger partial charge on any atom is -0.497 e. The zero-order chi connectivity index (χ0) is 37.1. The van der Waals surface area contributed by atoms with Gasteiger partial charge in [-0.3, -0.25) is 43.6 Å². The Morgan fingerprint density at radius 2 is 1.63 bits per heavy atom. The summed E-state index contributed by atoms with van der Waals surface area (Å²) in [4.78, 5) is 77.1. The van der Waals surface area contributed by atoms with Crippen molar-refractivity contribution in [2.75, 3.05) is 25.5 Å². The summed E-state index contributed by atoms with van der Waals surface area (Å²) in [5.74, 6) is -3.17. The standard InChI is InChI=1S/C38H37ClFN5O7/c1-21-25(26-17-24(52-2)11-12-31(26)44(21)36(49)22-7-9-23(39)10-8-22)20-34(47)42-16-6-4-3-5-15-41-30-19-28-27(18-29(30)40)37(50)45(38(28)51)32-13-14-33(46)43-35(32)48/h7-12,17-19,32,41H,3-6,13-16,20H2,1-2H3,(H,42,47)(H,43,46,48). The highest BCUT2D eigenvalue weighted by atomic mass is 35.5. The van der Waals surface area contributed by atoms with E-state index in [0.29, 0.717) is 47.1 Å². The molecule has 1 saturated heterocycles. The van der Waals surface area contributed by atoms with E-state index in [9.17, 15) is 33.2 Å². The van der Waals surface area contributed by atoms with Gasteiger partial charge in [-0.2, -0.15) is 0 Å². The number of hydrogen-bond acceptors (Lipinski definition) is 8. The molecule has 2 aliphatic rings. The first kappa shape index (κ1) is 36.2. The second kappa shape index (κ2) is 15.4. The number of nitrogens with zero attached hydrogens (tertiary/aromatic N) is 2. The molecule has 3 aromatic carbocycles. The molecule has 14 heteroatoms. The molecule has 6 rings (SSSR count). The largest absolute Gasteiger partial charge is 0.497 e. The van der Waals surface area contributed by atoms with Crippen molar-refractivity contribution in [1.29, 1.82) is 0 Å². The average molecular weight is 730 g/mol. The number of rotatable bonds is 13. The van der Waals surface area contributed by atoms with Crippen LogP contribution in [0.4, 0.5) is 10.1 Å². The summed E-state index contributed by atoms with van der Waals surface area (Å²) in [6.45, 7) is 2.68. The molecule has 5 amide bonds. The molecule has 12 nitrogen and oxygen atoms in total. The van der Waals surface area contributed by atoms with Crippen LogP contribution in [0.15, 0.2) is 54.6 Å². The molecule has 4 aromatic rings. The van der Waals surface area contributed by atoms with E-state index in [4.69, 9.17) is 16.3 Å². The summed E-state index contributed by atoms with van der Waals surface area (Å²) >= 11 is 6.02. The van der Waals surface area contributed by atoms with E-state index in [1.807, 2.05) is 19.1 Å². The predicted octanol–water partition coefficient (Wildman–Crippen LogP) is 5.17. The number of anilines is 1. The van der Waals surface area contributed by atoms with E-state index in [-0.39, 0.29) is 47.9 Å². The first-order chi connectivity index (χ1) is 25.0. The van der Waals surface area contributed by atoms with E-state index >= 15 is 0 Å². The van der Waals surface area contributed by atoms with Crippen LogP contribution >= 0.6 is 11.6 Å². The molecule has 2 aliphatic heterocycles. The van der Waals surface area contributed by atoms with Gasteiger partial charge in [0.25, 0.3) is 17.7 Å². The molecule has 0 spiro atoms. The normalized spacial score (nSPS) is 15.5. The number of fused-ring (bicyclic) bond motifs is 2. The van der Waals surface area contributed by atoms with Gasteiger partial charge in [-0.15, -0.1) is 0 Å². The molecule has 0 radical (unpaired) electrons. The smallest absolute Gasteiger partial charge is 0.262 e. The molecule has 3 heterocycles. The number of aromatic nitrogens is 1. The third kappa shape index (κ3) is 7.26. The molecule has 1 fully saturated rings. The van der Waals surface area contributed by atoms with Crippen molar-refractivity contribution >= 4 is 63.6 Å². The summed E-state index contributed by atoms with van der Waals surface area (Å²) in [7, 11) is 1.56. The monoisotopic (exact) mass is 729 g/mol. The number of nitrogens with one attached hydrogen (secondary N) is 3. The summed E-state index contributed by atoms with van der Waals surface area (Å²) in [6, 6.07) is 13.2. The molecule has 0 saturated carbocycles. The number of unbranched alkanes of at least 4 members (excludes halogenated alkanes) is 3. The third-order valence-corrected chi connectivity index (χ3v) is 9.69. The molecule has 3 N–H and O–H groups in total.